The van der Waals surface area contributed by atoms with E-state index in [0.29, 0.717) is 22.4 Å². The molecule has 5 heteroatoms. The first-order chi connectivity index (χ1) is 8.63. The maximum Gasteiger partial charge on any atom is 0.309 e. The summed E-state index contributed by atoms with van der Waals surface area (Å²) in [6.45, 7) is 2.75. The Morgan fingerprint density at radius 2 is 2.06 bits per heavy atom. The van der Waals surface area contributed by atoms with E-state index < -0.39 is 0 Å². The minimum absolute atomic E-state index is 0.211. The van der Waals surface area contributed by atoms with E-state index in [1.165, 1.54) is 0 Å². The van der Waals surface area contributed by atoms with Crippen LogP contribution in [0.5, 0.6) is 5.75 Å². The van der Waals surface area contributed by atoms with E-state index in [9.17, 15) is 4.79 Å². The van der Waals surface area contributed by atoms with E-state index in [4.69, 9.17) is 32.7 Å². The van der Waals surface area contributed by atoms with E-state index in [2.05, 4.69) is 0 Å². The van der Waals surface area contributed by atoms with Crippen molar-refractivity contribution in [3.8, 4) is 5.75 Å². The maximum atomic E-state index is 11.3. The van der Waals surface area contributed by atoms with Gasteiger partial charge in [0, 0.05) is 5.02 Å². The number of rotatable bonds is 7. The molecule has 0 atom stereocenters. The first-order valence-corrected chi connectivity index (χ1v) is 6.62. The second-order valence-electron chi connectivity index (χ2n) is 3.75. The topological polar surface area (TPSA) is 35.5 Å². The van der Waals surface area contributed by atoms with Gasteiger partial charge in [0.1, 0.15) is 5.75 Å². The molecule has 0 heterocycles. The van der Waals surface area contributed by atoms with Crippen LogP contribution in [0.2, 0.25) is 10.0 Å². The van der Waals surface area contributed by atoms with Gasteiger partial charge in [0.2, 0.25) is 0 Å². The Morgan fingerprint density at radius 1 is 1.28 bits per heavy atom. The molecule has 1 rings (SSSR count). The molecule has 0 fully saturated rings. The summed E-state index contributed by atoms with van der Waals surface area (Å²) in [4.78, 5) is 11.3. The fraction of sp³-hybridized carbons (Fsp3) is 0.462. The van der Waals surface area contributed by atoms with Gasteiger partial charge in [0.15, 0.2) is 0 Å². The van der Waals surface area contributed by atoms with Crippen LogP contribution >= 0.6 is 23.2 Å². The summed E-state index contributed by atoms with van der Waals surface area (Å²) in [5, 5.41) is 0.980. The molecule has 0 spiro atoms. The molecule has 0 unspecified atom stereocenters. The van der Waals surface area contributed by atoms with Crippen LogP contribution in [-0.4, -0.2) is 19.2 Å². The third-order valence-electron chi connectivity index (χ3n) is 2.22. The van der Waals surface area contributed by atoms with Gasteiger partial charge in [-0.3, -0.25) is 4.79 Å². The predicted molar refractivity (Wildman–Crippen MR) is 72.4 cm³/mol. The van der Waals surface area contributed by atoms with E-state index in [1.807, 2.05) is 6.92 Å². The minimum Gasteiger partial charge on any atom is -0.491 e. The van der Waals surface area contributed by atoms with Gasteiger partial charge in [0.05, 0.1) is 24.7 Å². The first-order valence-electron chi connectivity index (χ1n) is 5.87. The lowest BCUT2D eigenvalue weighted by molar-refractivity contribution is -0.144. The maximum absolute atomic E-state index is 11.3. The number of carbonyl (C=O) groups excluding carboxylic acids is 1. The van der Waals surface area contributed by atoms with Crippen LogP contribution < -0.4 is 4.74 Å². The number of hydrogen-bond acceptors (Lipinski definition) is 3. The highest BCUT2D eigenvalue weighted by molar-refractivity contribution is 6.35. The van der Waals surface area contributed by atoms with E-state index in [0.717, 1.165) is 12.8 Å². The van der Waals surface area contributed by atoms with Gasteiger partial charge in [-0.05, 0) is 24.6 Å². The zero-order valence-corrected chi connectivity index (χ0v) is 11.8. The molecule has 3 nitrogen and oxygen atoms in total. The summed E-state index contributed by atoms with van der Waals surface area (Å²) in [5.74, 6) is 0.260. The Bertz CT molecular complexity index is 394. The molecular weight excluding hydrogens is 275 g/mol. The van der Waals surface area contributed by atoms with Gasteiger partial charge in [0.25, 0.3) is 0 Å². The van der Waals surface area contributed by atoms with Gasteiger partial charge in [-0.15, -0.1) is 0 Å². The van der Waals surface area contributed by atoms with Gasteiger partial charge in [-0.25, -0.2) is 0 Å². The average molecular weight is 291 g/mol. The summed E-state index contributed by atoms with van der Waals surface area (Å²) in [5.41, 5.74) is 0. The fourth-order valence-electron chi connectivity index (χ4n) is 1.24. The highest BCUT2D eigenvalue weighted by Crippen LogP contribution is 2.27. The molecule has 0 N–H and O–H groups in total. The lowest BCUT2D eigenvalue weighted by Crippen LogP contribution is -2.10. The van der Waals surface area contributed by atoms with Crippen molar-refractivity contribution in [2.45, 2.75) is 26.2 Å². The smallest absolute Gasteiger partial charge is 0.309 e. The number of esters is 1. The lowest BCUT2D eigenvalue weighted by atomic mass is 10.3. The van der Waals surface area contributed by atoms with Crippen molar-refractivity contribution in [2.75, 3.05) is 13.2 Å². The largest absolute Gasteiger partial charge is 0.491 e. The van der Waals surface area contributed by atoms with Crippen LogP contribution in [0.4, 0.5) is 0 Å². The Labute approximate surface area is 117 Å². The third-order valence-corrected chi connectivity index (χ3v) is 2.75. The standard InChI is InChI=1S/C13H16Cl2O3/c1-2-3-7-18-13(16)6-8-17-12-5-4-10(14)9-11(12)15/h4-5,9H,2-3,6-8H2,1H3. The molecule has 1 aromatic rings. The molecule has 0 bridgehead atoms. The summed E-state index contributed by atoms with van der Waals surface area (Å²) in [6.07, 6.45) is 2.10. The molecule has 0 saturated heterocycles. The zero-order valence-electron chi connectivity index (χ0n) is 10.2. The van der Waals surface area contributed by atoms with Crippen LogP contribution in [0.3, 0.4) is 0 Å². The Hall–Kier alpha value is -0.930. The monoisotopic (exact) mass is 290 g/mol. The van der Waals surface area contributed by atoms with E-state index >= 15 is 0 Å². The molecule has 0 saturated carbocycles. The summed E-state index contributed by atoms with van der Waals surface area (Å²) in [6, 6.07) is 4.95. The van der Waals surface area contributed by atoms with Crippen LogP contribution in [0.25, 0.3) is 0 Å². The highest BCUT2D eigenvalue weighted by Gasteiger charge is 2.05. The number of halogens is 2. The number of unbranched alkanes of at least 4 members (excludes halogenated alkanes) is 1. The minimum atomic E-state index is -0.256. The van der Waals surface area contributed by atoms with Crippen molar-refractivity contribution < 1.29 is 14.3 Å². The SMILES string of the molecule is CCCCOC(=O)CCOc1ccc(Cl)cc1Cl. The second kappa shape index (κ2) is 8.22. The average Bonchev–Trinajstić information content (AvgIpc) is 2.32. The Morgan fingerprint density at radius 3 is 2.72 bits per heavy atom. The molecule has 0 aliphatic heterocycles. The highest BCUT2D eigenvalue weighted by atomic mass is 35.5. The molecule has 0 aromatic heterocycles. The molecular formula is C13H16Cl2O3. The summed E-state index contributed by atoms with van der Waals surface area (Å²) >= 11 is 11.7. The van der Waals surface area contributed by atoms with Gasteiger partial charge in [-0.1, -0.05) is 36.5 Å². The van der Waals surface area contributed by atoms with Crippen molar-refractivity contribution in [3.05, 3.63) is 28.2 Å². The van der Waals surface area contributed by atoms with Crippen molar-refractivity contribution in [3.63, 3.8) is 0 Å². The fourth-order valence-corrected chi connectivity index (χ4v) is 1.70. The normalized spacial score (nSPS) is 10.2. The molecule has 0 radical (unpaired) electrons. The number of ether oxygens (including phenoxy) is 2. The predicted octanol–water partition coefficient (Wildman–Crippen LogP) is 4.11. The third kappa shape index (κ3) is 5.61. The van der Waals surface area contributed by atoms with Gasteiger partial charge in [-0.2, -0.15) is 0 Å². The van der Waals surface area contributed by atoms with E-state index in [1.54, 1.807) is 18.2 Å². The number of hydrogen-bond donors (Lipinski definition) is 0. The van der Waals surface area contributed by atoms with E-state index in [-0.39, 0.29) is 19.0 Å². The Balaban J connectivity index is 2.26. The lowest BCUT2D eigenvalue weighted by Gasteiger charge is -2.08. The van der Waals surface area contributed by atoms with Crippen molar-refractivity contribution >= 4 is 29.2 Å². The second-order valence-corrected chi connectivity index (χ2v) is 4.59. The summed E-state index contributed by atoms with van der Waals surface area (Å²) < 4.78 is 10.4. The van der Waals surface area contributed by atoms with Gasteiger partial charge >= 0.3 is 5.97 Å². The van der Waals surface area contributed by atoms with Crippen molar-refractivity contribution in [1.29, 1.82) is 0 Å². The number of benzene rings is 1. The van der Waals surface area contributed by atoms with Crippen molar-refractivity contribution in [2.24, 2.45) is 0 Å². The summed E-state index contributed by atoms with van der Waals surface area (Å²) in [7, 11) is 0. The van der Waals surface area contributed by atoms with Gasteiger partial charge < -0.3 is 9.47 Å². The zero-order chi connectivity index (χ0) is 13.4. The quantitative estimate of drug-likeness (QED) is 0.560. The molecule has 18 heavy (non-hydrogen) atoms. The first kappa shape index (κ1) is 15.1. The van der Waals surface area contributed by atoms with Crippen LogP contribution in [0, 0.1) is 0 Å². The molecule has 1 aromatic carbocycles. The van der Waals surface area contributed by atoms with Crippen molar-refractivity contribution in [1.82, 2.24) is 0 Å². The molecule has 0 aliphatic rings. The molecule has 0 amide bonds. The van der Waals surface area contributed by atoms with Crippen LogP contribution in [-0.2, 0) is 9.53 Å². The number of carbonyl (C=O) groups is 1. The Kier molecular flexibility index (Phi) is 6.91. The van der Waals surface area contributed by atoms with Crippen LogP contribution in [0.15, 0.2) is 18.2 Å². The van der Waals surface area contributed by atoms with Crippen LogP contribution in [0.1, 0.15) is 26.2 Å². The molecule has 0 aliphatic carbocycles. The molecule has 100 valence electrons.